The third-order valence-corrected chi connectivity index (χ3v) is 3.57. The second-order valence-electron chi connectivity index (χ2n) is 4.61. The third kappa shape index (κ3) is 1.46. The Labute approximate surface area is 97.7 Å². The van der Waals surface area contributed by atoms with E-state index in [0.717, 1.165) is 12.8 Å². The molecule has 0 bridgehead atoms. The predicted octanol–water partition coefficient (Wildman–Crippen LogP) is -0.544. The summed E-state index contributed by atoms with van der Waals surface area (Å²) in [6.07, 6.45) is 2.73. The molecule has 1 aliphatic heterocycles. The van der Waals surface area contributed by atoms with E-state index >= 15 is 0 Å². The van der Waals surface area contributed by atoms with E-state index in [2.05, 4.69) is 15.3 Å². The highest BCUT2D eigenvalue weighted by Crippen LogP contribution is 2.48. The van der Waals surface area contributed by atoms with Crippen molar-refractivity contribution in [3.05, 3.63) is 10.4 Å². The van der Waals surface area contributed by atoms with Gasteiger partial charge in [-0.15, -0.1) is 0 Å². The maximum atomic E-state index is 11.7. The van der Waals surface area contributed by atoms with Crippen molar-refractivity contribution in [2.24, 2.45) is 0 Å². The first-order chi connectivity index (χ1) is 8.16. The summed E-state index contributed by atoms with van der Waals surface area (Å²) in [6, 6.07) is 0. The van der Waals surface area contributed by atoms with Gasteiger partial charge in [0.05, 0.1) is 6.67 Å². The van der Waals surface area contributed by atoms with Crippen LogP contribution in [0.1, 0.15) is 19.3 Å². The van der Waals surface area contributed by atoms with E-state index in [4.69, 9.17) is 10.8 Å². The molecule has 92 valence electrons. The van der Waals surface area contributed by atoms with Crippen LogP contribution in [0.15, 0.2) is 4.79 Å². The number of hydrogen-bond acceptors (Lipinski definition) is 6. The van der Waals surface area contributed by atoms with E-state index in [0.29, 0.717) is 24.6 Å². The van der Waals surface area contributed by atoms with E-state index in [-0.39, 0.29) is 23.7 Å². The van der Waals surface area contributed by atoms with Crippen molar-refractivity contribution in [2.45, 2.75) is 24.8 Å². The number of H-pyrrole nitrogens is 1. The van der Waals surface area contributed by atoms with Crippen molar-refractivity contribution in [3.8, 4) is 0 Å². The summed E-state index contributed by atoms with van der Waals surface area (Å²) in [5, 5.41) is 12.1. The number of nitrogen functional groups attached to an aromatic ring is 1. The van der Waals surface area contributed by atoms with Gasteiger partial charge in [0, 0.05) is 12.1 Å². The minimum atomic E-state index is -0.241. The molecule has 2 aliphatic rings. The van der Waals surface area contributed by atoms with Crippen LogP contribution in [0.25, 0.3) is 0 Å². The number of anilines is 3. The van der Waals surface area contributed by atoms with E-state index < -0.39 is 0 Å². The Morgan fingerprint density at radius 3 is 2.94 bits per heavy atom. The molecule has 0 radical (unpaired) electrons. The molecule has 1 fully saturated rings. The number of aliphatic hydroxyl groups is 1. The van der Waals surface area contributed by atoms with Gasteiger partial charge in [-0.25, -0.2) is 0 Å². The highest BCUT2D eigenvalue weighted by atomic mass is 16.3. The molecular formula is C10H15N5O2. The standard InChI is InChI=1S/C10H15N5O2/c11-9-13-7-6(8(17)14-9)12-5-15(7)10(1-2-10)3-4-16/h12,16H,1-5H2,(H3,11,13,14,17). The molecule has 0 aromatic carbocycles. The van der Waals surface area contributed by atoms with Crippen molar-refractivity contribution >= 4 is 17.5 Å². The van der Waals surface area contributed by atoms with E-state index in [1.807, 2.05) is 4.90 Å². The minimum absolute atomic E-state index is 0.0414. The molecule has 3 rings (SSSR count). The number of aliphatic hydroxyl groups excluding tert-OH is 1. The number of nitrogens with two attached hydrogens (primary N) is 1. The average Bonchev–Trinajstić information content (AvgIpc) is 2.90. The number of aromatic nitrogens is 2. The molecule has 0 amide bonds. The number of rotatable bonds is 3. The van der Waals surface area contributed by atoms with E-state index in [9.17, 15) is 4.79 Å². The largest absolute Gasteiger partial charge is 0.396 e. The lowest BCUT2D eigenvalue weighted by Gasteiger charge is -2.27. The fourth-order valence-electron chi connectivity index (χ4n) is 2.47. The zero-order valence-corrected chi connectivity index (χ0v) is 9.36. The molecule has 2 heterocycles. The molecule has 0 unspecified atom stereocenters. The van der Waals surface area contributed by atoms with Gasteiger partial charge in [0.15, 0.2) is 5.82 Å². The fraction of sp³-hybridized carbons (Fsp3) is 0.600. The van der Waals surface area contributed by atoms with Crippen molar-refractivity contribution < 1.29 is 5.11 Å². The molecule has 17 heavy (non-hydrogen) atoms. The second kappa shape index (κ2) is 3.36. The lowest BCUT2D eigenvalue weighted by Crippen LogP contribution is -2.38. The molecule has 1 aromatic heterocycles. The highest BCUT2D eigenvalue weighted by Gasteiger charge is 2.50. The summed E-state index contributed by atoms with van der Waals surface area (Å²) in [4.78, 5) is 20.4. The molecular weight excluding hydrogens is 222 g/mol. The molecule has 7 nitrogen and oxygen atoms in total. The van der Waals surface area contributed by atoms with Crippen molar-refractivity contribution in [2.75, 3.05) is 29.2 Å². The van der Waals surface area contributed by atoms with Crippen LogP contribution in [-0.2, 0) is 0 Å². The van der Waals surface area contributed by atoms with Gasteiger partial charge < -0.3 is 21.1 Å². The second-order valence-corrected chi connectivity index (χ2v) is 4.61. The third-order valence-electron chi connectivity index (χ3n) is 3.57. The Kier molecular flexibility index (Phi) is 2.06. The zero-order chi connectivity index (χ0) is 12.0. The summed E-state index contributed by atoms with van der Waals surface area (Å²) in [7, 11) is 0. The molecule has 7 heteroatoms. The Hall–Kier alpha value is -1.76. The summed E-state index contributed by atoms with van der Waals surface area (Å²) in [6.45, 7) is 0.694. The first kappa shape index (κ1) is 10.4. The number of nitrogens with one attached hydrogen (secondary N) is 2. The van der Waals surface area contributed by atoms with Gasteiger partial charge in [-0.1, -0.05) is 0 Å². The summed E-state index contributed by atoms with van der Waals surface area (Å²) < 4.78 is 0. The zero-order valence-electron chi connectivity index (χ0n) is 9.36. The van der Waals surface area contributed by atoms with Gasteiger partial charge >= 0.3 is 0 Å². The van der Waals surface area contributed by atoms with Crippen LogP contribution in [0.2, 0.25) is 0 Å². The highest BCUT2D eigenvalue weighted by molar-refractivity contribution is 5.72. The Morgan fingerprint density at radius 1 is 1.53 bits per heavy atom. The SMILES string of the molecule is Nc1nc2c(c(=O)[nH]1)NCN2C1(CCO)CC1. The number of nitrogens with zero attached hydrogens (tertiary/aromatic N) is 2. The van der Waals surface area contributed by atoms with Crippen molar-refractivity contribution in [1.82, 2.24) is 9.97 Å². The molecule has 0 atom stereocenters. The maximum Gasteiger partial charge on any atom is 0.277 e. The first-order valence-corrected chi connectivity index (χ1v) is 5.68. The van der Waals surface area contributed by atoms with Gasteiger partial charge in [0.2, 0.25) is 5.95 Å². The van der Waals surface area contributed by atoms with Crippen molar-refractivity contribution in [1.29, 1.82) is 0 Å². The quantitative estimate of drug-likeness (QED) is 0.562. The molecule has 1 aromatic rings. The fourth-order valence-corrected chi connectivity index (χ4v) is 2.47. The van der Waals surface area contributed by atoms with Gasteiger partial charge in [-0.3, -0.25) is 9.78 Å². The monoisotopic (exact) mass is 237 g/mol. The van der Waals surface area contributed by atoms with Crippen LogP contribution >= 0.6 is 0 Å². The van der Waals surface area contributed by atoms with E-state index in [1.54, 1.807) is 0 Å². The van der Waals surface area contributed by atoms with Crippen LogP contribution in [0, 0.1) is 0 Å². The maximum absolute atomic E-state index is 11.7. The van der Waals surface area contributed by atoms with Crippen LogP contribution in [0.3, 0.4) is 0 Å². The lowest BCUT2D eigenvalue weighted by atomic mass is 10.1. The molecule has 5 N–H and O–H groups in total. The van der Waals surface area contributed by atoms with Gasteiger partial charge in [0.1, 0.15) is 5.69 Å². The summed E-state index contributed by atoms with van der Waals surface area (Å²) in [5.41, 5.74) is 5.75. The minimum Gasteiger partial charge on any atom is -0.396 e. The lowest BCUT2D eigenvalue weighted by molar-refractivity contribution is 0.268. The molecule has 1 saturated carbocycles. The normalized spacial score (nSPS) is 19.9. The molecule has 0 saturated heterocycles. The molecule has 1 aliphatic carbocycles. The topological polar surface area (TPSA) is 107 Å². The summed E-state index contributed by atoms with van der Waals surface area (Å²) >= 11 is 0. The van der Waals surface area contributed by atoms with Crippen molar-refractivity contribution in [3.63, 3.8) is 0 Å². The Bertz CT molecular complexity index is 508. The van der Waals surface area contributed by atoms with Gasteiger partial charge in [0.25, 0.3) is 5.56 Å². The van der Waals surface area contributed by atoms with Crippen LogP contribution in [0.4, 0.5) is 17.5 Å². The Balaban J connectivity index is 2.01. The van der Waals surface area contributed by atoms with Crippen LogP contribution in [0.5, 0.6) is 0 Å². The number of hydrogen-bond donors (Lipinski definition) is 4. The van der Waals surface area contributed by atoms with Gasteiger partial charge in [-0.2, -0.15) is 4.98 Å². The van der Waals surface area contributed by atoms with Gasteiger partial charge in [-0.05, 0) is 19.3 Å². The first-order valence-electron chi connectivity index (χ1n) is 5.68. The summed E-state index contributed by atoms with van der Waals surface area (Å²) in [5.74, 6) is 0.736. The average molecular weight is 237 g/mol. The van der Waals surface area contributed by atoms with Crippen LogP contribution in [-0.4, -0.2) is 33.9 Å². The molecule has 0 spiro atoms. The number of aromatic amines is 1. The van der Waals surface area contributed by atoms with E-state index in [1.165, 1.54) is 0 Å². The number of fused-ring (bicyclic) bond motifs is 1. The predicted molar refractivity (Wildman–Crippen MR) is 63.9 cm³/mol. The Morgan fingerprint density at radius 2 is 2.29 bits per heavy atom. The smallest absolute Gasteiger partial charge is 0.277 e. The van der Waals surface area contributed by atoms with Crippen LogP contribution < -0.4 is 21.5 Å².